The summed E-state index contributed by atoms with van der Waals surface area (Å²) in [5, 5.41) is 8.65. The Kier molecular flexibility index (Phi) is 8.93. The highest BCUT2D eigenvalue weighted by molar-refractivity contribution is 6.11. The van der Waals surface area contributed by atoms with Crippen LogP contribution in [0, 0.1) is 0 Å². The van der Waals surface area contributed by atoms with E-state index in [1.807, 2.05) is 0 Å². The zero-order valence-electron chi connectivity index (χ0n) is 37.7. The molecule has 0 aliphatic carbocycles. The van der Waals surface area contributed by atoms with Crippen molar-refractivity contribution in [3.63, 3.8) is 0 Å². The Balaban J connectivity index is 0.885. The Hall–Kier alpha value is -9.12. The Labute approximate surface area is 400 Å². The van der Waals surface area contributed by atoms with E-state index in [4.69, 9.17) is 0 Å². The van der Waals surface area contributed by atoms with E-state index in [1.165, 1.54) is 88.0 Å². The van der Waals surface area contributed by atoms with E-state index in [0.29, 0.717) is 0 Å². The van der Waals surface area contributed by atoms with Gasteiger partial charge in [0.05, 0.1) is 22.2 Å². The molecule has 0 spiro atoms. The van der Waals surface area contributed by atoms with Crippen molar-refractivity contribution in [1.82, 2.24) is 9.13 Å². The van der Waals surface area contributed by atoms with Crippen LogP contribution in [-0.2, 0) is 6.42 Å². The lowest BCUT2D eigenvalue weighted by atomic mass is 9.95. The zero-order chi connectivity index (χ0) is 45.4. The fourth-order valence-electron chi connectivity index (χ4n) is 11.1. The van der Waals surface area contributed by atoms with Gasteiger partial charge in [-0.1, -0.05) is 158 Å². The molecule has 0 radical (unpaired) electrons. The van der Waals surface area contributed by atoms with Crippen LogP contribution in [0.2, 0.25) is 0 Å². The second kappa shape index (κ2) is 15.8. The first-order chi connectivity index (χ1) is 34.2. The van der Waals surface area contributed by atoms with Crippen LogP contribution in [-0.4, -0.2) is 9.13 Å². The predicted molar refractivity (Wildman–Crippen MR) is 290 cm³/mol. The van der Waals surface area contributed by atoms with Crippen molar-refractivity contribution in [3.8, 4) is 22.5 Å². The Morgan fingerprint density at radius 2 is 0.812 bits per heavy atom. The molecular weight excluding hydrogens is 837 g/mol. The maximum atomic E-state index is 2.49. The molecule has 0 N–H and O–H groups in total. The summed E-state index contributed by atoms with van der Waals surface area (Å²) in [5.74, 6) is 1.20. The van der Waals surface area contributed by atoms with Gasteiger partial charge in [-0.2, -0.15) is 0 Å². The van der Waals surface area contributed by atoms with Crippen molar-refractivity contribution in [1.29, 1.82) is 0 Å². The molecular formula is C65H44N4. The van der Waals surface area contributed by atoms with Gasteiger partial charge in [-0.3, -0.25) is 9.47 Å². The van der Waals surface area contributed by atoms with Crippen LogP contribution in [0.15, 0.2) is 255 Å². The highest BCUT2D eigenvalue weighted by atomic mass is 15.3. The van der Waals surface area contributed by atoms with Crippen LogP contribution in [0.4, 0.5) is 34.3 Å². The van der Waals surface area contributed by atoms with Crippen LogP contribution in [0.25, 0.3) is 76.8 Å². The fourth-order valence-corrected chi connectivity index (χ4v) is 11.1. The first-order valence-electron chi connectivity index (χ1n) is 23.8. The number of hydrogen-bond acceptors (Lipinski definition) is 2. The fraction of sp³-hybridized carbons (Fsp3) is 0.0154. The van der Waals surface area contributed by atoms with E-state index in [1.54, 1.807) is 0 Å². The number of rotatable bonds is 7. The van der Waals surface area contributed by atoms with E-state index < -0.39 is 0 Å². The summed E-state index contributed by atoms with van der Waals surface area (Å²) in [7, 11) is 0. The van der Waals surface area contributed by atoms with E-state index in [-0.39, 0.29) is 0 Å². The molecule has 0 saturated heterocycles. The van der Waals surface area contributed by atoms with E-state index in [0.717, 1.165) is 40.5 Å². The molecule has 0 atom stereocenters. The summed E-state index contributed by atoms with van der Waals surface area (Å²) in [6, 6.07) is 93.1. The molecule has 4 heteroatoms. The summed E-state index contributed by atoms with van der Waals surface area (Å²) >= 11 is 0. The van der Waals surface area contributed by atoms with Crippen LogP contribution in [0.3, 0.4) is 0 Å². The summed E-state index contributed by atoms with van der Waals surface area (Å²) < 4.78 is 4.83. The molecule has 0 bridgehead atoms. The lowest BCUT2D eigenvalue weighted by Gasteiger charge is -2.33. The number of anilines is 6. The van der Waals surface area contributed by atoms with Gasteiger partial charge in [-0.25, -0.2) is 0 Å². The van der Waals surface area contributed by atoms with E-state index in [2.05, 4.69) is 274 Å². The molecule has 14 rings (SSSR count). The molecule has 0 fully saturated rings. The first-order valence-corrected chi connectivity index (χ1v) is 23.8. The van der Waals surface area contributed by atoms with Crippen molar-refractivity contribution >= 4 is 88.5 Å². The van der Waals surface area contributed by atoms with Gasteiger partial charge in [-0.05, 0) is 135 Å². The van der Waals surface area contributed by atoms with Gasteiger partial charge in [0.15, 0.2) is 0 Å². The van der Waals surface area contributed by atoms with Crippen molar-refractivity contribution in [3.05, 3.63) is 266 Å². The lowest BCUT2D eigenvalue weighted by molar-refractivity contribution is 1.01. The molecule has 2 aromatic heterocycles. The van der Waals surface area contributed by atoms with Crippen molar-refractivity contribution < 1.29 is 0 Å². The van der Waals surface area contributed by atoms with Crippen molar-refractivity contribution in [2.45, 2.75) is 6.42 Å². The quantitative estimate of drug-likeness (QED) is 0.148. The van der Waals surface area contributed by atoms with Gasteiger partial charge in [0.2, 0.25) is 0 Å². The molecule has 69 heavy (non-hydrogen) atoms. The molecule has 324 valence electrons. The minimum atomic E-state index is 0.878. The maximum absolute atomic E-state index is 2.49. The van der Waals surface area contributed by atoms with Crippen molar-refractivity contribution in [2.75, 3.05) is 9.80 Å². The largest absolute Gasteiger partial charge is 0.310 e. The van der Waals surface area contributed by atoms with Crippen LogP contribution >= 0.6 is 0 Å². The van der Waals surface area contributed by atoms with Crippen LogP contribution < -0.4 is 9.80 Å². The number of aromatic nitrogens is 2. The number of fused-ring (bicyclic) bond motifs is 10. The molecule has 4 nitrogen and oxygen atoms in total. The minimum absolute atomic E-state index is 0.878. The highest BCUT2D eigenvalue weighted by Crippen LogP contribution is 2.50. The Morgan fingerprint density at radius 3 is 1.51 bits per heavy atom. The molecule has 0 saturated carbocycles. The molecule has 11 aromatic carbocycles. The zero-order valence-corrected chi connectivity index (χ0v) is 37.7. The minimum Gasteiger partial charge on any atom is -0.310 e. The number of para-hydroxylation sites is 5. The van der Waals surface area contributed by atoms with Crippen molar-refractivity contribution in [2.24, 2.45) is 0 Å². The lowest BCUT2D eigenvalue weighted by Crippen LogP contribution is -2.20. The average molecular weight is 881 g/mol. The summed E-state index contributed by atoms with van der Waals surface area (Å²) in [6.45, 7) is 0. The van der Waals surface area contributed by atoms with Gasteiger partial charge >= 0.3 is 0 Å². The monoisotopic (exact) mass is 880 g/mol. The van der Waals surface area contributed by atoms with Gasteiger partial charge in [-0.15, -0.1) is 0 Å². The summed E-state index contributed by atoms with van der Waals surface area (Å²) in [5.41, 5.74) is 16.6. The number of nitrogens with zero attached hydrogens (tertiary/aromatic N) is 4. The molecule has 1 aliphatic heterocycles. The van der Waals surface area contributed by atoms with E-state index >= 15 is 0 Å². The third kappa shape index (κ3) is 6.30. The van der Waals surface area contributed by atoms with Gasteiger partial charge in [0.25, 0.3) is 0 Å². The van der Waals surface area contributed by atoms with Gasteiger partial charge in [0, 0.05) is 62.3 Å². The second-order valence-corrected chi connectivity index (χ2v) is 18.1. The molecule has 0 unspecified atom stereocenters. The van der Waals surface area contributed by atoms with Crippen LogP contribution in [0.1, 0.15) is 11.1 Å². The van der Waals surface area contributed by atoms with Crippen LogP contribution in [0.5, 0.6) is 0 Å². The third-order valence-corrected chi connectivity index (χ3v) is 14.3. The molecule has 3 heterocycles. The standard InChI is InChI=1S/C65H44N4/c1-3-15-44(16-4-1)45-29-31-50(32-30-45)66(51-33-35-52(36-34-51)67-62-24-12-8-20-57(62)58-21-9-13-25-63(58)67)53-37-39-55-46(41-53)27-28-47-42-54(38-40-56(47)55)69-61-23-11-7-17-48(61)43-60-59-22-10-14-26-64(59)68(65(60)69)49-18-5-2-6-19-49/h1-42H,43H2. The predicted octanol–water partition coefficient (Wildman–Crippen LogP) is 17.5. The highest BCUT2D eigenvalue weighted by Gasteiger charge is 2.31. The Bertz CT molecular complexity index is 4040. The summed E-state index contributed by atoms with van der Waals surface area (Å²) in [6.07, 6.45) is 0.878. The molecule has 1 aliphatic rings. The first kappa shape index (κ1) is 39.1. The number of benzene rings is 11. The Morgan fingerprint density at radius 1 is 0.319 bits per heavy atom. The van der Waals surface area contributed by atoms with E-state index in [9.17, 15) is 0 Å². The molecule has 0 amide bonds. The average Bonchev–Trinajstić information content (AvgIpc) is 3.93. The normalized spacial score (nSPS) is 12.3. The number of hydrogen-bond donors (Lipinski definition) is 0. The maximum Gasteiger partial charge on any atom is 0.127 e. The van der Waals surface area contributed by atoms with Gasteiger partial charge < -0.3 is 9.47 Å². The topological polar surface area (TPSA) is 16.3 Å². The smallest absolute Gasteiger partial charge is 0.127 e. The second-order valence-electron chi connectivity index (χ2n) is 18.1. The molecule has 13 aromatic rings. The van der Waals surface area contributed by atoms with Gasteiger partial charge in [0.1, 0.15) is 5.82 Å². The summed E-state index contributed by atoms with van der Waals surface area (Å²) in [4.78, 5) is 4.87. The SMILES string of the molecule is c1ccc(-c2ccc(N(c3ccc(-n4c5ccccc5c5ccccc54)cc3)c3ccc4c(ccc5cc(N6c7ccccc7Cc7c6n(-c6ccccc6)c6ccccc76)ccc54)c3)cc2)cc1. The third-order valence-electron chi connectivity index (χ3n) is 14.3.